The van der Waals surface area contributed by atoms with Crippen LogP contribution in [0, 0.1) is 17.7 Å². The maximum absolute atomic E-state index is 14.8. The van der Waals surface area contributed by atoms with Gasteiger partial charge in [-0.15, -0.1) is 0 Å². The molecule has 4 heterocycles. The van der Waals surface area contributed by atoms with E-state index >= 15 is 0 Å². The van der Waals surface area contributed by atoms with Gasteiger partial charge in [-0.2, -0.15) is 0 Å². The number of halogens is 3. The summed E-state index contributed by atoms with van der Waals surface area (Å²) >= 11 is 11.9. The van der Waals surface area contributed by atoms with Crippen LogP contribution in [0.3, 0.4) is 0 Å². The first-order valence-corrected chi connectivity index (χ1v) is 13.2. The monoisotopic (exact) mass is 558 g/mol. The van der Waals surface area contributed by atoms with Crippen LogP contribution in [-0.2, 0) is 9.53 Å². The Morgan fingerprint density at radius 3 is 2.71 bits per heavy atom. The van der Waals surface area contributed by atoms with E-state index in [1.54, 1.807) is 0 Å². The molecular formula is C27H25Cl2FN4O4. The number of piperidine rings is 2. The third-order valence-electron chi connectivity index (χ3n) is 7.36. The fraction of sp³-hybridized carbons (Fsp3) is 0.370. The Hall–Kier alpha value is -3.14. The Balaban J connectivity index is 1.34. The van der Waals surface area contributed by atoms with Gasteiger partial charge in [0, 0.05) is 42.8 Å². The number of hydrogen-bond donors (Lipinski definition) is 1. The molecule has 7 rings (SSSR count). The molecule has 3 saturated heterocycles. The van der Waals surface area contributed by atoms with E-state index in [9.17, 15) is 9.18 Å². The molecule has 38 heavy (non-hydrogen) atoms. The number of hydrogen-bond acceptors (Lipinski definition) is 7. The first-order valence-electron chi connectivity index (χ1n) is 12.4. The quantitative estimate of drug-likeness (QED) is 0.307. The summed E-state index contributed by atoms with van der Waals surface area (Å²) in [6.07, 6.45) is 4.37. The van der Waals surface area contributed by atoms with E-state index in [1.807, 2.05) is 17.0 Å². The van der Waals surface area contributed by atoms with E-state index in [1.165, 1.54) is 24.5 Å². The summed E-state index contributed by atoms with van der Waals surface area (Å²) in [7, 11) is 0. The number of fused-ring (bicyclic) bond motifs is 3. The van der Waals surface area contributed by atoms with Crippen molar-refractivity contribution < 1.29 is 23.4 Å². The molecule has 4 aliphatic rings. The molecule has 198 valence electrons. The molecule has 0 spiro atoms. The third kappa shape index (κ3) is 4.63. The zero-order valence-electron chi connectivity index (χ0n) is 20.3. The zero-order valence-corrected chi connectivity index (χ0v) is 21.8. The lowest BCUT2D eigenvalue weighted by atomic mass is 9.68. The van der Waals surface area contributed by atoms with Gasteiger partial charge in [0.15, 0.2) is 17.3 Å². The van der Waals surface area contributed by atoms with E-state index in [4.69, 9.17) is 37.4 Å². The van der Waals surface area contributed by atoms with Crippen molar-refractivity contribution in [3.05, 3.63) is 59.1 Å². The molecule has 2 aromatic carbocycles. The topological polar surface area (TPSA) is 85.8 Å². The van der Waals surface area contributed by atoms with Crippen molar-refractivity contribution in [2.75, 3.05) is 31.6 Å². The van der Waals surface area contributed by atoms with Crippen molar-refractivity contribution >= 4 is 51.5 Å². The van der Waals surface area contributed by atoms with E-state index in [0.717, 1.165) is 12.8 Å². The summed E-state index contributed by atoms with van der Waals surface area (Å²) in [5, 5.41) is 3.58. The van der Waals surface area contributed by atoms with Crippen molar-refractivity contribution in [3.63, 3.8) is 0 Å². The summed E-state index contributed by atoms with van der Waals surface area (Å²) in [5.74, 6) is 1.17. The molecule has 1 aliphatic carbocycles. The summed E-state index contributed by atoms with van der Waals surface area (Å²) in [6, 6.07) is 6.64. The molecule has 8 nitrogen and oxygen atoms in total. The highest BCUT2D eigenvalue weighted by molar-refractivity contribution is 6.42. The molecule has 1 amide bonds. The molecule has 3 aliphatic heterocycles. The smallest absolute Gasteiger partial charge is 0.245 e. The standard InChI is InChI=1S/C27H25Cl2FN4O4/c1-2-23(35)34-10-14-7-15(11-34)26(14)38-21-8-17-20(9-22(21)37-16-5-6-36-12-16)31-13-32-27(17)33-19-4-3-18(28)24(29)25(19)30/h2-4,8-9,13-16,26H,1,5-7,10-12H2,(H,31,32,33)/t14-,15+,16-,26+/m1/s1. The van der Waals surface area contributed by atoms with Crippen LogP contribution in [0.2, 0.25) is 10.0 Å². The summed E-state index contributed by atoms with van der Waals surface area (Å²) in [5.41, 5.74) is 0.728. The number of aromatic nitrogens is 2. The highest BCUT2D eigenvalue weighted by Crippen LogP contribution is 2.45. The largest absolute Gasteiger partial charge is 0.486 e. The first-order chi connectivity index (χ1) is 18.4. The Morgan fingerprint density at radius 2 is 1.97 bits per heavy atom. The Morgan fingerprint density at radius 1 is 1.18 bits per heavy atom. The minimum absolute atomic E-state index is 0.0583. The van der Waals surface area contributed by atoms with Crippen LogP contribution in [-0.4, -0.2) is 59.3 Å². The summed E-state index contributed by atoms with van der Waals surface area (Å²) < 4.78 is 33.1. The predicted octanol–water partition coefficient (Wildman–Crippen LogP) is 5.40. The normalized spacial score (nSPS) is 24.1. The van der Waals surface area contributed by atoms with Gasteiger partial charge in [0.2, 0.25) is 5.91 Å². The molecule has 4 atom stereocenters. The van der Waals surface area contributed by atoms with Gasteiger partial charge in [-0.3, -0.25) is 4.79 Å². The number of nitrogens with zero attached hydrogens (tertiary/aromatic N) is 3. The molecule has 4 fully saturated rings. The summed E-state index contributed by atoms with van der Waals surface area (Å²) in [6.45, 7) is 5.98. The van der Waals surface area contributed by atoms with Gasteiger partial charge in [-0.05, 0) is 30.7 Å². The Kier molecular flexibility index (Phi) is 6.75. The number of ether oxygens (including phenoxy) is 3. The molecule has 1 aromatic heterocycles. The molecule has 1 N–H and O–H groups in total. The number of benzene rings is 2. The van der Waals surface area contributed by atoms with Crippen LogP contribution in [0.4, 0.5) is 15.9 Å². The second kappa shape index (κ2) is 10.2. The third-order valence-corrected chi connectivity index (χ3v) is 8.15. The fourth-order valence-corrected chi connectivity index (χ4v) is 5.69. The average Bonchev–Trinajstić information content (AvgIpc) is 3.45. The minimum atomic E-state index is -0.676. The van der Waals surface area contributed by atoms with Crippen molar-refractivity contribution in [2.45, 2.75) is 25.0 Å². The van der Waals surface area contributed by atoms with Crippen molar-refractivity contribution in [1.82, 2.24) is 14.9 Å². The van der Waals surface area contributed by atoms with Crippen LogP contribution in [0.25, 0.3) is 10.9 Å². The molecule has 3 aromatic rings. The van der Waals surface area contributed by atoms with Crippen LogP contribution in [0.15, 0.2) is 43.2 Å². The first kappa shape index (κ1) is 25.2. The maximum Gasteiger partial charge on any atom is 0.245 e. The van der Waals surface area contributed by atoms with Gasteiger partial charge in [-0.1, -0.05) is 29.8 Å². The minimum Gasteiger partial charge on any atom is -0.486 e. The Labute approximate surface area is 228 Å². The lowest BCUT2D eigenvalue weighted by Crippen LogP contribution is -2.61. The van der Waals surface area contributed by atoms with Crippen molar-refractivity contribution in [3.8, 4) is 11.5 Å². The van der Waals surface area contributed by atoms with E-state index in [-0.39, 0.29) is 45.7 Å². The van der Waals surface area contributed by atoms with Gasteiger partial charge >= 0.3 is 0 Å². The van der Waals surface area contributed by atoms with Crippen LogP contribution in [0.1, 0.15) is 12.8 Å². The molecule has 0 radical (unpaired) electrons. The predicted molar refractivity (Wildman–Crippen MR) is 142 cm³/mol. The maximum atomic E-state index is 14.8. The lowest BCUT2D eigenvalue weighted by Gasteiger charge is -2.52. The average molecular weight is 559 g/mol. The van der Waals surface area contributed by atoms with Gasteiger partial charge in [0.05, 0.1) is 34.5 Å². The van der Waals surface area contributed by atoms with E-state index in [2.05, 4.69) is 21.9 Å². The second-order valence-corrected chi connectivity index (χ2v) is 10.6. The van der Waals surface area contributed by atoms with Crippen LogP contribution < -0.4 is 14.8 Å². The molecule has 1 saturated carbocycles. The van der Waals surface area contributed by atoms with Gasteiger partial charge < -0.3 is 24.4 Å². The van der Waals surface area contributed by atoms with Gasteiger partial charge in [0.25, 0.3) is 0 Å². The van der Waals surface area contributed by atoms with Gasteiger partial charge in [0.1, 0.15) is 24.4 Å². The van der Waals surface area contributed by atoms with E-state index < -0.39 is 5.82 Å². The van der Waals surface area contributed by atoms with Crippen molar-refractivity contribution in [2.24, 2.45) is 11.8 Å². The second-order valence-electron chi connectivity index (χ2n) is 9.78. The molecule has 11 heteroatoms. The number of carbonyl (C=O) groups is 1. The molecule has 2 bridgehead atoms. The number of nitrogens with one attached hydrogen (secondary N) is 1. The zero-order chi connectivity index (χ0) is 26.4. The lowest BCUT2D eigenvalue weighted by molar-refractivity contribution is -0.142. The molecular weight excluding hydrogens is 534 g/mol. The Bertz CT molecular complexity index is 1410. The number of anilines is 2. The number of rotatable bonds is 7. The highest BCUT2D eigenvalue weighted by atomic mass is 35.5. The molecule has 0 unspecified atom stereocenters. The number of carbonyl (C=O) groups excluding carboxylic acids is 1. The SMILES string of the molecule is C=CC(=O)N1C[C@H]2C[C@@H](C1)[C@H]2Oc1cc2c(Nc3ccc(Cl)c(Cl)c3F)ncnc2cc1O[C@@H]1CCOC1. The fourth-order valence-electron chi connectivity index (χ4n) is 5.38. The van der Waals surface area contributed by atoms with E-state index in [0.29, 0.717) is 54.5 Å². The van der Waals surface area contributed by atoms with Crippen molar-refractivity contribution in [1.29, 1.82) is 0 Å². The summed E-state index contributed by atoms with van der Waals surface area (Å²) in [4.78, 5) is 22.7. The van der Waals surface area contributed by atoms with Gasteiger partial charge in [-0.25, -0.2) is 14.4 Å². The highest BCUT2D eigenvalue weighted by Gasteiger charge is 2.49. The number of amides is 1. The van der Waals surface area contributed by atoms with Crippen LogP contribution in [0.5, 0.6) is 11.5 Å². The van der Waals surface area contributed by atoms with Crippen LogP contribution >= 0.6 is 23.2 Å².